The highest BCUT2D eigenvalue weighted by Gasteiger charge is 2.31. The fourth-order valence-electron chi connectivity index (χ4n) is 3.40. The maximum atomic E-state index is 11.5. The molecule has 0 spiro atoms. The first-order valence-electron chi connectivity index (χ1n) is 10.5. The zero-order chi connectivity index (χ0) is 20.0. The van der Waals surface area contributed by atoms with Gasteiger partial charge in [0.15, 0.2) is 14.1 Å². The summed E-state index contributed by atoms with van der Waals surface area (Å²) in [6, 6.07) is 13.8. The van der Waals surface area contributed by atoms with E-state index in [0.717, 1.165) is 50.4 Å². The molecule has 1 rings (SSSR count). The van der Waals surface area contributed by atoms with Crippen LogP contribution >= 0.6 is 0 Å². The van der Waals surface area contributed by atoms with Crippen molar-refractivity contribution in [2.45, 2.75) is 83.7 Å². The lowest BCUT2D eigenvalue weighted by atomic mass is 10.1. The van der Waals surface area contributed by atoms with E-state index < -0.39 is 8.32 Å². The van der Waals surface area contributed by atoms with Crippen molar-refractivity contribution in [1.82, 2.24) is 0 Å². The van der Waals surface area contributed by atoms with Gasteiger partial charge in [0.1, 0.15) is 0 Å². The van der Waals surface area contributed by atoms with Crippen LogP contribution in [0.5, 0.6) is 0 Å². The van der Waals surface area contributed by atoms with Crippen molar-refractivity contribution in [3.63, 3.8) is 0 Å². The van der Waals surface area contributed by atoms with Crippen LogP contribution < -0.4 is 0 Å². The van der Waals surface area contributed by atoms with E-state index in [1.165, 1.54) is 11.6 Å². The van der Waals surface area contributed by atoms with Crippen molar-refractivity contribution in [2.75, 3.05) is 6.61 Å². The predicted octanol–water partition coefficient (Wildman–Crippen LogP) is 6.30. The van der Waals surface area contributed by atoms with E-state index in [2.05, 4.69) is 39.5 Å². The van der Waals surface area contributed by atoms with Gasteiger partial charge >= 0.3 is 0 Å². The normalized spacial score (nSPS) is 12.7. The molecule has 0 saturated carbocycles. The van der Waals surface area contributed by atoms with Crippen molar-refractivity contribution >= 4 is 14.1 Å². The fraction of sp³-hybridized carbons (Fsp3) is 0.609. The lowest BCUT2D eigenvalue weighted by Gasteiger charge is -2.33. The van der Waals surface area contributed by atoms with Crippen LogP contribution in [-0.4, -0.2) is 26.8 Å². The molecule has 0 N–H and O–H groups in total. The number of hydrogen-bond donors (Lipinski definition) is 0. The van der Waals surface area contributed by atoms with Crippen molar-refractivity contribution in [1.29, 1.82) is 0 Å². The average molecular weight is 391 g/mol. The quantitative estimate of drug-likeness (QED) is 0.189. The molecule has 1 atom stereocenters. The van der Waals surface area contributed by atoms with Crippen LogP contribution in [0.4, 0.5) is 0 Å². The Morgan fingerprint density at radius 2 is 1.70 bits per heavy atom. The van der Waals surface area contributed by atoms with Gasteiger partial charge in [-0.2, -0.15) is 0 Å². The Morgan fingerprint density at radius 3 is 2.30 bits per heavy atom. The van der Waals surface area contributed by atoms with E-state index in [4.69, 9.17) is 9.16 Å². The summed E-state index contributed by atoms with van der Waals surface area (Å²) < 4.78 is 12.5. The Hall–Kier alpha value is -1.23. The first-order valence-corrected chi connectivity index (χ1v) is 13.1. The molecule has 4 heteroatoms. The first kappa shape index (κ1) is 23.8. The second-order valence-corrected chi connectivity index (χ2v) is 11.9. The second kappa shape index (κ2) is 13.9. The maximum absolute atomic E-state index is 11.5. The van der Waals surface area contributed by atoms with E-state index in [9.17, 15) is 4.79 Å². The molecule has 0 radical (unpaired) electrons. The van der Waals surface area contributed by atoms with Crippen molar-refractivity contribution in [3.05, 3.63) is 48.6 Å². The molecule has 0 bridgehead atoms. The third kappa shape index (κ3) is 9.50. The zero-order valence-electron chi connectivity index (χ0n) is 17.5. The number of allylic oxidation sites excluding steroid dienone is 1. The highest BCUT2D eigenvalue weighted by Crippen LogP contribution is 2.26. The van der Waals surface area contributed by atoms with Gasteiger partial charge in [0.25, 0.3) is 0 Å². The topological polar surface area (TPSA) is 35.5 Å². The molecule has 0 aliphatic rings. The molecule has 0 amide bonds. The Kier molecular flexibility index (Phi) is 12.2. The molecule has 1 aromatic rings. The molecule has 152 valence electrons. The number of hydrogen-bond acceptors (Lipinski definition) is 3. The summed E-state index contributed by atoms with van der Waals surface area (Å²) in [6.07, 6.45) is 6.08. The molecule has 0 aliphatic carbocycles. The van der Waals surface area contributed by atoms with E-state index in [0.29, 0.717) is 13.0 Å². The molecule has 0 aromatic heterocycles. The standard InChI is InChI=1S/C23H38O3Si/c1-5-22(24)16-12-17-23(26-27(6-2,7-3)8-4)18-13-19-25-20-21-14-10-9-11-15-21/h5,9-11,14-15,23H,1,6-8,12-13,16-20H2,2-4H3/t23-/m1/s1. The van der Waals surface area contributed by atoms with E-state index in [1.807, 2.05) is 18.2 Å². The summed E-state index contributed by atoms with van der Waals surface area (Å²) in [4.78, 5) is 11.5. The summed E-state index contributed by atoms with van der Waals surface area (Å²) in [5.41, 5.74) is 1.21. The van der Waals surface area contributed by atoms with Gasteiger partial charge in [-0.15, -0.1) is 0 Å². The number of carbonyl (C=O) groups is 1. The summed E-state index contributed by atoms with van der Waals surface area (Å²) in [5, 5.41) is 0. The summed E-state index contributed by atoms with van der Waals surface area (Å²) in [6.45, 7) is 11.8. The number of benzene rings is 1. The minimum atomic E-state index is -1.63. The number of carbonyl (C=O) groups excluding carboxylic acids is 1. The monoisotopic (exact) mass is 390 g/mol. The minimum absolute atomic E-state index is 0.130. The Morgan fingerprint density at radius 1 is 1.07 bits per heavy atom. The molecule has 0 fully saturated rings. The third-order valence-electron chi connectivity index (χ3n) is 5.45. The van der Waals surface area contributed by atoms with Crippen molar-refractivity contribution in [3.8, 4) is 0 Å². The molecular weight excluding hydrogens is 352 g/mol. The van der Waals surface area contributed by atoms with Gasteiger partial charge in [0.2, 0.25) is 0 Å². The summed E-state index contributed by atoms with van der Waals surface area (Å²) in [7, 11) is -1.63. The molecule has 0 aliphatic heterocycles. The lowest BCUT2D eigenvalue weighted by Crippen LogP contribution is -2.40. The van der Waals surface area contributed by atoms with E-state index >= 15 is 0 Å². The highest BCUT2D eigenvalue weighted by molar-refractivity contribution is 6.73. The minimum Gasteiger partial charge on any atom is -0.414 e. The average Bonchev–Trinajstić information content (AvgIpc) is 2.72. The molecule has 0 heterocycles. The van der Waals surface area contributed by atoms with Crippen molar-refractivity contribution in [2.24, 2.45) is 0 Å². The maximum Gasteiger partial charge on any atom is 0.192 e. The van der Waals surface area contributed by atoms with E-state index in [-0.39, 0.29) is 11.9 Å². The van der Waals surface area contributed by atoms with Crippen LogP contribution in [0.25, 0.3) is 0 Å². The molecule has 27 heavy (non-hydrogen) atoms. The molecular formula is C23H38O3Si. The Balaban J connectivity index is 2.46. The van der Waals surface area contributed by atoms with Crippen LogP contribution in [-0.2, 0) is 20.6 Å². The van der Waals surface area contributed by atoms with Gasteiger partial charge in [-0.25, -0.2) is 0 Å². The first-order chi connectivity index (χ1) is 13.1. The van der Waals surface area contributed by atoms with Crippen molar-refractivity contribution < 1.29 is 14.0 Å². The number of rotatable bonds is 16. The van der Waals surface area contributed by atoms with Crippen LogP contribution in [0.2, 0.25) is 18.1 Å². The molecule has 0 saturated heterocycles. The summed E-state index contributed by atoms with van der Waals surface area (Å²) in [5.74, 6) is 0.130. The Bertz CT molecular complexity index is 517. The SMILES string of the molecule is C=CC(=O)CCC[C@H](CCCOCc1ccccc1)O[Si](CC)(CC)CC. The fourth-order valence-corrected chi connectivity index (χ4v) is 6.34. The molecule has 3 nitrogen and oxygen atoms in total. The van der Waals surface area contributed by atoms with E-state index in [1.54, 1.807) is 0 Å². The van der Waals surface area contributed by atoms with Crippen LogP contribution in [0.3, 0.4) is 0 Å². The molecule has 0 unspecified atom stereocenters. The van der Waals surface area contributed by atoms with Crippen LogP contribution in [0.15, 0.2) is 43.0 Å². The lowest BCUT2D eigenvalue weighted by molar-refractivity contribution is -0.114. The highest BCUT2D eigenvalue weighted by atomic mass is 28.4. The number of ether oxygens (including phenoxy) is 1. The van der Waals surface area contributed by atoms with Crippen LogP contribution in [0, 0.1) is 0 Å². The van der Waals surface area contributed by atoms with Gasteiger partial charge in [-0.1, -0.05) is 57.7 Å². The second-order valence-electron chi connectivity index (χ2n) is 7.23. The van der Waals surface area contributed by atoms with Gasteiger partial charge < -0.3 is 9.16 Å². The van der Waals surface area contributed by atoms with Gasteiger partial charge in [-0.05, 0) is 55.5 Å². The smallest absolute Gasteiger partial charge is 0.192 e. The largest absolute Gasteiger partial charge is 0.414 e. The van der Waals surface area contributed by atoms with Crippen LogP contribution in [0.1, 0.15) is 58.4 Å². The Labute approximate surface area is 167 Å². The van der Waals surface area contributed by atoms with Gasteiger partial charge in [-0.3, -0.25) is 4.79 Å². The number of ketones is 1. The van der Waals surface area contributed by atoms with Gasteiger partial charge in [0, 0.05) is 19.1 Å². The third-order valence-corrected chi connectivity index (χ3v) is 10.2. The predicted molar refractivity (Wildman–Crippen MR) is 116 cm³/mol. The molecule has 1 aromatic carbocycles. The van der Waals surface area contributed by atoms with Gasteiger partial charge in [0.05, 0.1) is 6.61 Å². The zero-order valence-corrected chi connectivity index (χ0v) is 18.5. The summed E-state index contributed by atoms with van der Waals surface area (Å²) >= 11 is 0.